The third kappa shape index (κ3) is 6.38. The second kappa shape index (κ2) is 17.5. The van der Waals surface area contributed by atoms with E-state index in [0.29, 0.717) is 0 Å². The van der Waals surface area contributed by atoms with Crippen molar-refractivity contribution in [1.82, 2.24) is 9.13 Å². The second-order valence-electron chi connectivity index (χ2n) is 25.9. The summed E-state index contributed by atoms with van der Waals surface area (Å²) in [6.45, 7) is 13.8. The van der Waals surface area contributed by atoms with Gasteiger partial charge in [0, 0.05) is 66.8 Å². The van der Waals surface area contributed by atoms with E-state index in [1.807, 2.05) is 0 Å². The van der Waals surface area contributed by atoms with Crippen LogP contribution in [0.15, 0.2) is 267 Å². The minimum Gasteiger partial charge on any atom is -0.310 e. The predicted molar refractivity (Wildman–Crippen MR) is 351 cm³/mol. The topological polar surface area (TPSA) is 13.1 Å². The van der Waals surface area contributed by atoms with Crippen LogP contribution in [0.2, 0.25) is 0 Å². The Morgan fingerprint density at radius 2 is 0.690 bits per heavy atom. The number of aromatic nitrogens is 2. The molecule has 0 saturated heterocycles. The molecule has 4 heteroatoms. The number of rotatable bonds is 7. The summed E-state index contributed by atoms with van der Waals surface area (Å²) in [5.41, 5.74) is 29.0. The molecule has 2 aliphatic carbocycles. The molecule has 4 aliphatic rings. The first-order chi connectivity index (χ1) is 41.0. The normalized spacial score (nSPS) is 14.5. The maximum atomic E-state index is 2.73. The van der Waals surface area contributed by atoms with Crippen LogP contribution in [-0.2, 0) is 21.7 Å². The number of fused-ring (bicyclic) bond motifs is 14. The SMILES string of the molecule is CC(C)(C)c1ccc(N(c2ccc(C(C)(C)C)cc2)c2cc3c4c(c2)-n2c5c(c6cccc(c62)B4c2cccc4c6c(n-3c24)-c2ccccc2C6(c2ccccc2)c2ccccc2)C(c2ccccc2)(c2ccccc2)c2ccccc2-5)cc1. The van der Waals surface area contributed by atoms with Crippen LogP contribution in [0.5, 0.6) is 0 Å². The molecule has 0 amide bonds. The number of hydrogen-bond acceptors (Lipinski definition) is 1. The average molecular weight is 1080 g/mol. The molecule has 4 heterocycles. The van der Waals surface area contributed by atoms with Crippen molar-refractivity contribution in [2.75, 3.05) is 4.90 Å². The Bertz CT molecular complexity index is 4440. The summed E-state index contributed by atoms with van der Waals surface area (Å²) in [6, 6.07) is 102. The van der Waals surface area contributed by atoms with Gasteiger partial charge in [-0.25, -0.2) is 0 Å². The molecule has 0 saturated carbocycles. The molecule has 17 rings (SSSR count). The number of para-hydroxylation sites is 2. The van der Waals surface area contributed by atoms with Gasteiger partial charge in [0.1, 0.15) is 0 Å². The van der Waals surface area contributed by atoms with Crippen LogP contribution in [0.25, 0.3) is 55.7 Å². The monoisotopic (exact) mass is 1080 g/mol. The molecule has 0 atom stereocenters. The Morgan fingerprint density at radius 3 is 1.05 bits per heavy atom. The summed E-state index contributed by atoms with van der Waals surface area (Å²) in [6.07, 6.45) is 0. The molecule has 0 fully saturated rings. The standard InChI is InChI=1S/C80H62BN3/c1-77(2,3)51-41-45-57(46-42-51)82(58-47-43-52(44-48-58)78(4,5)6)59-49-68-72-69(50-59)84-74-63(71-76(84)61-34-20-22-38-65(61)80(71,55-29-15-9-16-30-55)56-31-17-10-18-32-56)36-24-40-67(74)81(72)66-39-23-35-62-70-75(83(68)73(62)66)60-33-19-21-37-64(60)79(70,53-25-11-7-12-26-53)54-27-13-8-14-28-54/h7-50H,1-6H3. The summed E-state index contributed by atoms with van der Waals surface area (Å²) in [4.78, 5) is 2.53. The van der Waals surface area contributed by atoms with Crippen molar-refractivity contribution in [2.24, 2.45) is 0 Å². The van der Waals surface area contributed by atoms with Crippen molar-refractivity contribution < 1.29 is 0 Å². The Morgan fingerprint density at radius 1 is 0.345 bits per heavy atom. The molecule has 2 aromatic heterocycles. The number of nitrogens with zero attached hydrogens (tertiary/aromatic N) is 3. The first-order valence-corrected chi connectivity index (χ1v) is 30.0. The van der Waals surface area contributed by atoms with E-state index in [1.54, 1.807) is 0 Å². The van der Waals surface area contributed by atoms with Gasteiger partial charge < -0.3 is 14.0 Å². The molecule has 2 aliphatic heterocycles. The van der Waals surface area contributed by atoms with Crippen molar-refractivity contribution >= 4 is 62.0 Å². The fourth-order valence-electron chi connectivity index (χ4n) is 16.1. The Hall–Kier alpha value is -9.64. The average Bonchev–Trinajstić information content (AvgIpc) is 1.49. The summed E-state index contributed by atoms with van der Waals surface area (Å²) >= 11 is 0. The van der Waals surface area contributed by atoms with Gasteiger partial charge in [-0.2, -0.15) is 0 Å². The van der Waals surface area contributed by atoms with Gasteiger partial charge in [-0.3, -0.25) is 0 Å². The highest BCUT2D eigenvalue weighted by molar-refractivity contribution is 7.00. The van der Waals surface area contributed by atoms with Gasteiger partial charge in [0.2, 0.25) is 0 Å². The van der Waals surface area contributed by atoms with Crippen LogP contribution < -0.4 is 21.3 Å². The molecule has 84 heavy (non-hydrogen) atoms. The minimum atomic E-state index is -0.610. The molecular weight excluding hydrogens is 1010 g/mol. The lowest BCUT2D eigenvalue weighted by Crippen LogP contribution is -2.59. The summed E-state index contributed by atoms with van der Waals surface area (Å²) in [5.74, 6) is 0. The Kier molecular flexibility index (Phi) is 10.2. The van der Waals surface area contributed by atoms with Gasteiger partial charge in [-0.15, -0.1) is 0 Å². The zero-order valence-corrected chi connectivity index (χ0v) is 48.3. The van der Waals surface area contributed by atoms with Crippen LogP contribution >= 0.6 is 0 Å². The van der Waals surface area contributed by atoms with E-state index >= 15 is 0 Å². The highest BCUT2D eigenvalue weighted by Gasteiger charge is 2.54. The van der Waals surface area contributed by atoms with Gasteiger partial charge in [0.25, 0.3) is 6.71 Å². The third-order valence-corrected chi connectivity index (χ3v) is 19.5. The molecule has 0 bridgehead atoms. The molecular formula is C80H62BN3. The molecule has 0 unspecified atom stereocenters. The van der Waals surface area contributed by atoms with Gasteiger partial charge in [-0.05, 0) is 108 Å². The Balaban J connectivity index is 1.06. The van der Waals surface area contributed by atoms with E-state index in [9.17, 15) is 0 Å². The fourth-order valence-corrected chi connectivity index (χ4v) is 16.1. The van der Waals surface area contributed by atoms with Crippen LogP contribution in [0.1, 0.15) is 97.2 Å². The fraction of sp³-hybridized carbons (Fsp3) is 0.125. The van der Waals surface area contributed by atoms with Gasteiger partial charge in [0.15, 0.2) is 0 Å². The first kappa shape index (κ1) is 49.0. The quantitative estimate of drug-likeness (QED) is 0.145. The summed E-state index contributed by atoms with van der Waals surface area (Å²) in [5, 5.41) is 2.57. The van der Waals surface area contributed by atoms with Crippen molar-refractivity contribution in [2.45, 2.75) is 63.2 Å². The molecule has 0 N–H and O–H groups in total. The van der Waals surface area contributed by atoms with Crippen molar-refractivity contribution in [3.8, 4) is 33.9 Å². The second-order valence-corrected chi connectivity index (χ2v) is 25.9. The van der Waals surface area contributed by atoms with E-state index in [-0.39, 0.29) is 17.5 Å². The summed E-state index contributed by atoms with van der Waals surface area (Å²) in [7, 11) is 0. The molecule has 3 nitrogen and oxygen atoms in total. The maximum Gasteiger partial charge on any atom is 0.252 e. The van der Waals surface area contributed by atoms with Gasteiger partial charge in [0.05, 0.1) is 27.9 Å². The lowest BCUT2D eigenvalue weighted by Gasteiger charge is -2.37. The lowest BCUT2D eigenvalue weighted by atomic mass is 9.34. The van der Waals surface area contributed by atoms with E-state index in [0.717, 1.165) is 17.1 Å². The number of benzene rings is 11. The van der Waals surface area contributed by atoms with Crippen LogP contribution in [-0.4, -0.2) is 15.8 Å². The van der Waals surface area contributed by atoms with Crippen molar-refractivity contribution in [1.29, 1.82) is 0 Å². The molecule has 11 aromatic carbocycles. The molecule has 400 valence electrons. The molecule has 13 aromatic rings. The maximum absolute atomic E-state index is 2.73. The lowest BCUT2D eigenvalue weighted by molar-refractivity contribution is 0.590. The number of anilines is 3. The molecule has 0 spiro atoms. The largest absolute Gasteiger partial charge is 0.310 e. The number of hydrogen-bond donors (Lipinski definition) is 0. The first-order valence-electron chi connectivity index (χ1n) is 30.0. The van der Waals surface area contributed by atoms with Crippen LogP contribution in [0.3, 0.4) is 0 Å². The Labute approximate surface area is 492 Å². The van der Waals surface area contributed by atoms with Crippen LogP contribution in [0, 0.1) is 0 Å². The van der Waals surface area contributed by atoms with Gasteiger partial charge >= 0.3 is 0 Å². The summed E-state index contributed by atoms with van der Waals surface area (Å²) < 4.78 is 5.46. The predicted octanol–water partition coefficient (Wildman–Crippen LogP) is 17.5. The van der Waals surface area contributed by atoms with Crippen molar-refractivity contribution in [3.05, 3.63) is 323 Å². The highest BCUT2D eigenvalue weighted by atomic mass is 15.2. The van der Waals surface area contributed by atoms with E-state index in [2.05, 4.69) is 322 Å². The van der Waals surface area contributed by atoms with Crippen LogP contribution in [0.4, 0.5) is 17.1 Å². The smallest absolute Gasteiger partial charge is 0.252 e. The highest BCUT2D eigenvalue weighted by Crippen LogP contribution is 2.62. The zero-order valence-electron chi connectivity index (χ0n) is 48.3. The minimum absolute atomic E-state index is 0.0140. The van der Waals surface area contributed by atoms with E-state index in [4.69, 9.17) is 0 Å². The van der Waals surface area contributed by atoms with Crippen molar-refractivity contribution in [3.63, 3.8) is 0 Å². The molecule has 0 radical (unpaired) electrons. The van der Waals surface area contributed by atoms with Gasteiger partial charge in [-0.1, -0.05) is 272 Å². The zero-order chi connectivity index (χ0) is 56.4. The van der Waals surface area contributed by atoms with E-state index < -0.39 is 10.8 Å². The third-order valence-electron chi connectivity index (χ3n) is 19.5. The van der Waals surface area contributed by atoms with E-state index in [1.165, 1.54) is 128 Å².